The first kappa shape index (κ1) is 20.7. The molecule has 0 N–H and O–H groups in total. The molecule has 0 aliphatic carbocycles. The van der Waals surface area contributed by atoms with Gasteiger partial charge in [-0.15, -0.1) is 22.7 Å². The lowest BCUT2D eigenvalue weighted by Gasteiger charge is -2.15. The van der Waals surface area contributed by atoms with E-state index in [2.05, 4.69) is 52.4 Å². The Balaban J connectivity index is 0.000000185. The van der Waals surface area contributed by atoms with Crippen molar-refractivity contribution in [1.29, 1.82) is 0 Å². The van der Waals surface area contributed by atoms with Gasteiger partial charge < -0.3 is 9.47 Å². The van der Waals surface area contributed by atoms with Gasteiger partial charge in [0.2, 0.25) is 0 Å². The molecule has 5 heteroatoms. The molecule has 0 spiro atoms. The van der Waals surface area contributed by atoms with Gasteiger partial charge in [0.25, 0.3) is 0 Å². The first-order valence-corrected chi connectivity index (χ1v) is 11.8. The summed E-state index contributed by atoms with van der Waals surface area (Å²) in [6.07, 6.45) is 4.09. The first-order valence-electron chi connectivity index (χ1n) is 9.02. The molecule has 25 heavy (non-hydrogen) atoms. The summed E-state index contributed by atoms with van der Waals surface area (Å²) < 4.78 is 10.9. The van der Waals surface area contributed by atoms with Crippen molar-refractivity contribution >= 4 is 34.4 Å². The number of hydrogen-bond donors (Lipinski definition) is 0. The van der Waals surface area contributed by atoms with Crippen LogP contribution in [0.3, 0.4) is 0 Å². The van der Waals surface area contributed by atoms with Gasteiger partial charge >= 0.3 is 0 Å². The molecule has 0 amide bonds. The van der Waals surface area contributed by atoms with E-state index >= 15 is 0 Å². The van der Waals surface area contributed by atoms with Gasteiger partial charge in [0.1, 0.15) is 13.2 Å². The second-order valence-electron chi connectivity index (χ2n) is 6.27. The van der Waals surface area contributed by atoms with Crippen molar-refractivity contribution in [1.82, 2.24) is 0 Å². The number of rotatable bonds is 6. The Morgan fingerprint density at radius 1 is 0.920 bits per heavy atom. The van der Waals surface area contributed by atoms with E-state index in [-0.39, 0.29) is 0 Å². The van der Waals surface area contributed by atoms with E-state index in [0.717, 1.165) is 11.5 Å². The summed E-state index contributed by atoms with van der Waals surface area (Å²) >= 11 is 5.74. The second-order valence-corrected chi connectivity index (χ2v) is 10.3. The Morgan fingerprint density at radius 3 is 2.08 bits per heavy atom. The quantitative estimate of drug-likeness (QED) is 0.492. The molecular formula is C20H30O2S3. The Morgan fingerprint density at radius 2 is 1.56 bits per heavy atom. The number of ether oxygens (including phenoxy) is 2. The van der Waals surface area contributed by atoms with Gasteiger partial charge in [-0.1, -0.05) is 19.8 Å². The molecule has 1 aliphatic heterocycles. The van der Waals surface area contributed by atoms with Crippen LogP contribution in [0, 0.1) is 27.7 Å². The Hall–Kier alpha value is -0.650. The molecule has 140 valence electrons. The van der Waals surface area contributed by atoms with E-state index in [1.807, 2.05) is 11.3 Å². The fraction of sp³-hybridized carbons (Fsp3) is 0.600. The van der Waals surface area contributed by atoms with E-state index in [1.54, 1.807) is 16.9 Å². The minimum Gasteiger partial charge on any atom is -0.485 e. The third-order valence-corrected chi connectivity index (χ3v) is 7.11. The molecule has 1 aliphatic rings. The van der Waals surface area contributed by atoms with Crippen LogP contribution in [-0.4, -0.2) is 19.0 Å². The number of fused-ring (bicyclic) bond motifs is 1. The fourth-order valence-electron chi connectivity index (χ4n) is 2.73. The van der Waals surface area contributed by atoms with E-state index in [9.17, 15) is 0 Å². The summed E-state index contributed by atoms with van der Waals surface area (Å²) in [7, 11) is 0. The molecule has 0 saturated carbocycles. The van der Waals surface area contributed by atoms with Gasteiger partial charge in [0.05, 0.1) is 0 Å². The summed E-state index contributed by atoms with van der Waals surface area (Å²) in [4.78, 5) is 5.39. The van der Waals surface area contributed by atoms with Crippen LogP contribution >= 0.6 is 34.4 Å². The highest BCUT2D eigenvalue weighted by molar-refractivity contribution is 7.98. The summed E-state index contributed by atoms with van der Waals surface area (Å²) in [5, 5.41) is 0. The van der Waals surface area contributed by atoms with Crippen molar-refractivity contribution in [3.05, 3.63) is 31.1 Å². The van der Waals surface area contributed by atoms with Gasteiger partial charge in [-0.2, -0.15) is 11.8 Å². The molecule has 2 nitrogen and oxygen atoms in total. The number of hydrogen-bond acceptors (Lipinski definition) is 5. The van der Waals surface area contributed by atoms with E-state index in [4.69, 9.17) is 9.47 Å². The van der Waals surface area contributed by atoms with Crippen LogP contribution < -0.4 is 9.47 Å². The highest BCUT2D eigenvalue weighted by atomic mass is 32.2. The third kappa shape index (κ3) is 6.22. The monoisotopic (exact) mass is 398 g/mol. The maximum absolute atomic E-state index is 5.46. The predicted molar refractivity (Wildman–Crippen MR) is 114 cm³/mol. The zero-order valence-corrected chi connectivity index (χ0v) is 18.5. The van der Waals surface area contributed by atoms with E-state index in [1.165, 1.54) is 50.3 Å². The number of thiophene rings is 2. The van der Waals surface area contributed by atoms with Gasteiger partial charge in [-0.25, -0.2) is 0 Å². The van der Waals surface area contributed by atoms with Crippen molar-refractivity contribution in [2.45, 2.75) is 59.6 Å². The van der Waals surface area contributed by atoms with Crippen molar-refractivity contribution in [2.24, 2.45) is 0 Å². The third-order valence-electron chi connectivity index (χ3n) is 4.02. The molecule has 0 radical (unpaired) electrons. The zero-order valence-electron chi connectivity index (χ0n) is 16.1. The van der Waals surface area contributed by atoms with Crippen LogP contribution in [0.4, 0.5) is 0 Å². The Labute approximate surface area is 164 Å². The minimum atomic E-state index is 0.685. The van der Waals surface area contributed by atoms with Gasteiger partial charge in [-0.05, 0) is 51.5 Å². The topological polar surface area (TPSA) is 18.5 Å². The maximum Gasteiger partial charge on any atom is 0.175 e. The Bertz CT molecular complexity index is 632. The van der Waals surface area contributed by atoms with E-state index in [0.29, 0.717) is 13.2 Å². The summed E-state index contributed by atoms with van der Waals surface area (Å²) in [6, 6.07) is 2.34. The number of unbranched alkanes of at least 4 members (excludes halogenated alkanes) is 2. The van der Waals surface area contributed by atoms with Crippen LogP contribution in [0.2, 0.25) is 0 Å². The SMILES string of the molecule is CCCCCSCc1cc(C)sc1C.Cc1sc(C)c2c1OCCO2. The van der Waals surface area contributed by atoms with Crippen LogP contribution in [0.1, 0.15) is 51.3 Å². The lowest BCUT2D eigenvalue weighted by atomic mass is 10.3. The van der Waals surface area contributed by atoms with Crippen LogP contribution in [0.15, 0.2) is 6.07 Å². The van der Waals surface area contributed by atoms with Crippen LogP contribution in [0.5, 0.6) is 11.5 Å². The lowest BCUT2D eigenvalue weighted by Crippen LogP contribution is -2.14. The van der Waals surface area contributed by atoms with Crippen molar-refractivity contribution in [3.63, 3.8) is 0 Å². The van der Waals surface area contributed by atoms with Gasteiger partial charge in [0.15, 0.2) is 11.5 Å². The second kappa shape index (κ2) is 10.5. The van der Waals surface area contributed by atoms with Crippen LogP contribution in [-0.2, 0) is 5.75 Å². The molecule has 0 unspecified atom stereocenters. The molecule has 0 atom stereocenters. The molecule has 0 aromatic carbocycles. The summed E-state index contributed by atoms with van der Waals surface area (Å²) in [5.41, 5.74) is 1.55. The van der Waals surface area contributed by atoms with E-state index < -0.39 is 0 Å². The highest BCUT2D eigenvalue weighted by Crippen LogP contribution is 2.42. The molecule has 2 aromatic rings. The molecule has 3 rings (SSSR count). The largest absolute Gasteiger partial charge is 0.485 e. The number of aryl methyl sites for hydroxylation is 4. The molecular weight excluding hydrogens is 368 g/mol. The standard InChI is InChI=1S/C12H20S2.C8H10O2S/c1-4-5-6-7-13-9-12-8-10(2)14-11(12)3;1-5-7-8(6(2)11-5)10-4-3-9-7/h8H,4-7,9H2,1-3H3;3-4H2,1-2H3. The van der Waals surface area contributed by atoms with Crippen molar-refractivity contribution < 1.29 is 9.47 Å². The lowest BCUT2D eigenvalue weighted by molar-refractivity contribution is 0.171. The molecule has 0 saturated heterocycles. The normalized spacial score (nSPS) is 12.7. The molecule has 0 fully saturated rings. The van der Waals surface area contributed by atoms with Crippen molar-refractivity contribution in [2.75, 3.05) is 19.0 Å². The Kier molecular flexibility index (Phi) is 8.67. The van der Waals surface area contributed by atoms with Gasteiger partial charge in [-0.3, -0.25) is 0 Å². The average molecular weight is 399 g/mol. The van der Waals surface area contributed by atoms with Crippen LogP contribution in [0.25, 0.3) is 0 Å². The smallest absolute Gasteiger partial charge is 0.175 e. The highest BCUT2D eigenvalue weighted by Gasteiger charge is 2.19. The fourth-order valence-corrected chi connectivity index (χ4v) is 5.78. The van der Waals surface area contributed by atoms with Crippen molar-refractivity contribution in [3.8, 4) is 11.5 Å². The zero-order chi connectivity index (χ0) is 18.2. The summed E-state index contributed by atoms with van der Waals surface area (Å²) in [5.74, 6) is 4.44. The summed E-state index contributed by atoms with van der Waals surface area (Å²) in [6.45, 7) is 12.2. The number of thioether (sulfide) groups is 1. The predicted octanol–water partition coefficient (Wildman–Crippen LogP) is 6.92. The molecule has 0 bridgehead atoms. The first-order chi connectivity index (χ1) is 12.0. The average Bonchev–Trinajstić information content (AvgIpc) is 3.07. The molecule has 3 heterocycles. The maximum atomic E-state index is 5.46. The minimum absolute atomic E-state index is 0.685. The molecule has 2 aromatic heterocycles. The van der Waals surface area contributed by atoms with Gasteiger partial charge in [0, 0.05) is 25.3 Å².